The van der Waals surface area contributed by atoms with Gasteiger partial charge >= 0.3 is 5.97 Å². The van der Waals surface area contributed by atoms with Crippen LogP contribution in [0.25, 0.3) is 21.8 Å². The Labute approximate surface area is 292 Å². The van der Waals surface area contributed by atoms with Crippen molar-refractivity contribution < 1.29 is 19.8 Å². The Morgan fingerprint density at radius 3 is 1.43 bits per heavy atom. The summed E-state index contributed by atoms with van der Waals surface area (Å²) in [5.41, 5.74) is 10.6. The Hall–Kier alpha value is -3.98. The predicted molar refractivity (Wildman–Crippen MR) is 199 cm³/mol. The highest BCUT2D eigenvalue weighted by Crippen LogP contribution is 2.30. The summed E-state index contributed by atoms with van der Waals surface area (Å²) >= 11 is 7.21. The molecule has 0 atom stereocenters. The summed E-state index contributed by atoms with van der Waals surface area (Å²) in [6.07, 6.45) is 0. The van der Waals surface area contributed by atoms with Crippen molar-refractivity contribution in [2.45, 2.75) is 54.6 Å². The van der Waals surface area contributed by atoms with E-state index in [0.717, 1.165) is 55.1 Å². The van der Waals surface area contributed by atoms with Gasteiger partial charge in [0.2, 0.25) is 0 Å². The number of nitrogens with zero attached hydrogens (tertiary/aromatic N) is 2. The van der Waals surface area contributed by atoms with E-state index in [-0.39, 0.29) is 12.4 Å². The molecule has 244 valence electrons. The number of aliphatic hydroxyl groups excluding tert-OH is 1. The third-order valence-electron chi connectivity index (χ3n) is 8.50. The molecule has 47 heavy (non-hydrogen) atoms. The van der Waals surface area contributed by atoms with Crippen LogP contribution in [0, 0.1) is 27.7 Å². The SMILES string of the molecule is CC(=O)c1ccc2c(c1)c(C)c(C)n2Cc1ccccc1Br.CCO.Cc1c(C)n(Cc2ccccc2Br)c2ccc(C(=O)O)cc12. The average Bonchev–Trinajstić information content (AvgIpc) is 3.43. The summed E-state index contributed by atoms with van der Waals surface area (Å²) in [5.74, 6) is -0.782. The summed E-state index contributed by atoms with van der Waals surface area (Å²) in [4.78, 5) is 22.8. The monoisotopic (exact) mass is 758 g/mol. The number of aryl methyl sites for hydroxylation is 2. The molecule has 6 nitrogen and oxygen atoms in total. The molecule has 0 aliphatic carbocycles. The molecule has 0 aliphatic rings. The lowest BCUT2D eigenvalue weighted by molar-refractivity contribution is 0.0696. The highest BCUT2D eigenvalue weighted by molar-refractivity contribution is 9.10. The van der Waals surface area contributed by atoms with Crippen LogP contribution in [0.1, 0.15) is 68.2 Å². The molecule has 0 amide bonds. The number of ketones is 1. The van der Waals surface area contributed by atoms with Crippen LogP contribution in [0.15, 0.2) is 93.9 Å². The highest BCUT2D eigenvalue weighted by Gasteiger charge is 2.15. The number of hydrogen-bond acceptors (Lipinski definition) is 3. The van der Waals surface area contributed by atoms with E-state index in [1.54, 1.807) is 26.0 Å². The third-order valence-corrected chi connectivity index (χ3v) is 10.1. The van der Waals surface area contributed by atoms with Crippen molar-refractivity contribution in [3.05, 3.63) is 139 Å². The summed E-state index contributed by atoms with van der Waals surface area (Å²) in [7, 11) is 0. The van der Waals surface area contributed by atoms with Crippen molar-refractivity contribution in [1.29, 1.82) is 0 Å². The molecule has 0 saturated heterocycles. The number of aliphatic hydroxyl groups is 1. The van der Waals surface area contributed by atoms with Crippen LogP contribution in [0.4, 0.5) is 0 Å². The minimum atomic E-state index is -0.891. The molecular weight excluding hydrogens is 720 g/mol. The first-order valence-electron chi connectivity index (χ1n) is 15.4. The van der Waals surface area contributed by atoms with Crippen LogP contribution in [-0.2, 0) is 13.1 Å². The van der Waals surface area contributed by atoms with Gasteiger partial charge in [-0.1, -0.05) is 68.3 Å². The van der Waals surface area contributed by atoms with Gasteiger partial charge < -0.3 is 19.3 Å². The fourth-order valence-electron chi connectivity index (χ4n) is 5.65. The van der Waals surface area contributed by atoms with Gasteiger partial charge in [0.15, 0.2) is 5.78 Å². The molecule has 2 aromatic heterocycles. The van der Waals surface area contributed by atoms with Gasteiger partial charge in [0.25, 0.3) is 0 Å². The molecule has 0 bridgehead atoms. The summed E-state index contributed by atoms with van der Waals surface area (Å²) in [5, 5.41) is 18.9. The Kier molecular flexibility index (Phi) is 12.0. The molecule has 0 saturated carbocycles. The number of aromatic nitrogens is 2. The van der Waals surface area contributed by atoms with Crippen LogP contribution in [0.5, 0.6) is 0 Å². The number of Topliss-reactive ketones (excluding diaryl/α,β-unsaturated/α-hetero) is 1. The molecule has 8 heteroatoms. The number of halogens is 2. The first-order chi connectivity index (χ1) is 22.4. The Morgan fingerprint density at radius 1 is 0.660 bits per heavy atom. The van der Waals surface area contributed by atoms with Crippen molar-refractivity contribution >= 4 is 65.4 Å². The second-order valence-electron chi connectivity index (χ2n) is 11.4. The van der Waals surface area contributed by atoms with Crippen LogP contribution < -0.4 is 0 Å². The van der Waals surface area contributed by atoms with Crippen LogP contribution in [0.3, 0.4) is 0 Å². The molecule has 4 aromatic carbocycles. The maximum atomic E-state index is 11.6. The van der Waals surface area contributed by atoms with Gasteiger partial charge in [-0.15, -0.1) is 0 Å². The van der Waals surface area contributed by atoms with Gasteiger partial charge in [-0.3, -0.25) is 4.79 Å². The van der Waals surface area contributed by atoms with E-state index in [1.165, 1.54) is 27.9 Å². The van der Waals surface area contributed by atoms with E-state index in [9.17, 15) is 9.59 Å². The first-order valence-corrected chi connectivity index (χ1v) is 17.0. The van der Waals surface area contributed by atoms with E-state index in [2.05, 4.69) is 92.1 Å². The lowest BCUT2D eigenvalue weighted by atomic mass is 10.1. The van der Waals surface area contributed by atoms with E-state index in [4.69, 9.17) is 10.2 Å². The molecule has 0 radical (unpaired) electrons. The third kappa shape index (κ3) is 7.95. The van der Waals surface area contributed by atoms with Gasteiger partial charge in [0, 0.05) is 67.4 Å². The second kappa shape index (κ2) is 15.7. The standard InChI is InChI=1S/C19H18BrNO.C18H16BrNO2.C2H6O/c1-12-13(2)21(11-16-6-4-5-7-18(16)20)19-9-8-15(14(3)22)10-17(12)19;1-11-12(2)20(10-14-5-3-4-6-16(14)19)17-8-7-13(18(21)22)9-15(11)17;1-2-3/h4-10H,11H2,1-3H3;3-9H,10H2,1-2H3,(H,21,22);3H,2H2,1H3. The maximum absolute atomic E-state index is 11.6. The minimum Gasteiger partial charge on any atom is -0.478 e. The van der Waals surface area contributed by atoms with Gasteiger partial charge in [0.05, 0.1) is 5.56 Å². The summed E-state index contributed by atoms with van der Waals surface area (Å²) in [6, 6.07) is 27.7. The molecule has 6 rings (SSSR count). The van der Waals surface area contributed by atoms with E-state index in [1.807, 2.05) is 49.4 Å². The normalized spacial score (nSPS) is 10.7. The van der Waals surface area contributed by atoms with Crippen molar-refractivity contribution in [2.75, 3.05) is 6.61 Å². The average molecular weight is 761 g/mol. The van der Waals surface area contributed by atoms with E-state index >= 15 is 0 Å². The fourth-order valence-corrected chi connectivity index (χ4v) is 6.47. The Balaban J connectivity index is 0.000000197. The molecule has 0 aliphatic heterocycles. The van der Waals surface area contributed by atoms with Gasteiger partial charge in [-0.25, -0.2) is 4.79 Å². The molecule has 0 unspecified atom stereocenters. The Bertz CT molecular complexity index is 1930. The van der Waals surface area contributed by atoms with Crippen LogP contribution in [-0.4, -0.2) is 37.7 Å². The number of carbonyl (C=O) groups excluding carboxylic acids is 1. The maximum Gasteiger partial charge on any atom is 0.335 e. The highest BCUT2D eigenvalue weighted by atomic mass is 79.9. The molecule has 6 aromatic rings. The number of carboxylic acids is 1. The lowest BCUT2D eigenvalue weighted by Gasteiger charge is -2.10. The molecule has 2 N–H and O–H groups in total. The molecule has 2 heterocycles. The zero-order chi connectivity index (χ0) is 34.4. The van der Waals surface area contributed by atoms with Crippen molar-refractivity contribution in [1.82, 2.24) is 9.13 Å². The summed E-state index contributed by atoms with van der Waals surface area (Å²) < 4.78 is 6.75. The van der Waals surface area contributed by atoms with Gasteiger partial charge in [0.1, 0.15) is 0 Å². The first kappa shape index (κ1) is 35.9. The number of benzene rings is 4. The van der Waals surface area contributed by atoms with Crippen molar-refractivity contribution in [2.24, 2.45) is 0 Å². The second-order valence-corrected chi connectivity index (χ2v) is 13.1. The van der Waals surface area contributed by atoms with Gasteiger partial charge in [-0.2, -0.15) is 0 Å². The zero-order valence-electron chi connectivity index (χ0n) is 27.6. The largest absolute Gasteiger partial charge is 0.478 e. The number of aromatic carboxylic acids is 1. The zero-order valence-corrected chi connectivity index (χ0v) is 30.7. The number of fused-ring (bicyclic) bond motifs is 2. The smallest absolute Gasteiger partial charge is 0.335 e. The number of rotatable bonds is 6. The van der Waals surface area contributed by atoms with Crippen LogP contribution >= 0.6 is 31.9 Å². The van der Waals surface area contributed by atoms with Crippen molar-refractivity contribution in [3.8, 4) is 0 Å². The predicted octanol–water partition coefficient (Wildman–Crippen LogP) is 10.0. The fraction of sp³-hybridized carbons (Fsp3) is 0.231. The molecule has 0 fully saturated rings. The van der Waals surface area contributed by atoms with Crippen LogP contribution in [0.2, 0.25) is 0 Å². The molecular formula is C39H40Br2N2O4. The Morgan fingerprint density at radius 2 is 1.04 bits per heavy atom. The van der Waals surface area contributed by atoms with E-state index < -0.39 is 5.97 Å². The number of hydrogen-bond donors (Lipinski definition) is 2. The van der Waals surface area contributed by atoms with Crippen molar-refractivity contribution in [3.63, 3.8) is 0 Å². The van der Waals surface area contributed by atoms with Gasteiger partial charge in [-0.05, 0) is 112 Å². The minimum absolute atomic E-state index is 0.109. The number of carbonyl (C=O) groups is 2. The quantitative estimate of drug-likeness (QED) is 0.166. The lowest BCUT2D eigenvalue weighted by Crippen LogP contribution is -2.03. The summed E-state index contributed by atoms with van der Waals surface area (Å²) in [6.45, 7) is 13.5. The molecule has 0 spiro atoms. The van der Waals surface area contributed by atoms with E-state index in [0.29, 0.717) is 5.56 Å². The number of carboxylic acid groups (broad SMARTS) is 1. The topological polar surface area (TPSA) is 84.5 Å².